The molecule has 1 saturated heterocycles. The van der Waals surface area contributed by atoms with Crippen molar-refractivity contribution in [2.75, 3.05) is 28.5 Å². The van der Waals surface area contributed by atoms with E-state index in [2.05, 4.69) is 22.8 Å². The smallest absolute Gasteiger partial charge is 0.313 e. The Bertz CT molecular complexity index is 896. The van der Waals surface area contributed by atoms with Gasteiger partial charge >= 0.3 is 11.8 Å². The van der Waals surface area contributed by atoms with Crippen molar-refractivity contribution in [3.05, 3.63) is 36.4 Å². The number of rotatable bonds is 4. The highest BCUT2D eigenvalue weighted by molar-refractivity contribution is 7.93. The van der Waals surface area contributed by atoms with Crippen LogP contribution >= 0.6 is 0 Å². The molecule has 4 rings (SSSR count). The highest BCUT2D eigenvalue weighted by Crippen LogP contribution is 2.42. The van der Waals surface area contributed by atoms with E-state index >= 15 is 0 Å². The lowest BCUT2D eigenvalue weighted by Gasteiger charge is -2.19. The SMILES string of the molecule is O=C(NCC1CC2C=CC1C2)C(=O)Nc1cccc(N2CCCS2(=O)=O)c1. The Labute approximate surface area is 158 Å². The molecule has 1 aromatic rings. The fourth-order valence-corrected chi connectivity index (χ4v) is 5.85. The predicted molar refractivity (Wildman–Crippen MR) is 103 cm³/mol. The van der Waals surface area contributed by atoms with Crippen molar-refractivity contribution < 1.29 is 18.0 Å². The Morgan fingerprint density at radius 1 is 1.15 bits per heavy atom. The van der Waals surface area contributed by atoms with E-state index < -0.39 is 21.8 Å². The molecule has 1 aliphatic heterocycles. The molecule has 3 unspecified atom stereocenters. The van der Waals surface area contributed by atoms with Gasteiger partial charge in [0.25, 0.3) is 0 Å². The van der Waals surface area contributed by atoms with E-state index in [1.54, 1.807) is 24.3 Å². The van der Waals surface area contributed by atoms with Gasteiger partial charge in [-0.3, -0.25) is 13.9 Å². The Kier molecular flexibility index (Phi) is 4.67. The average molecular weight is 389 g/mol. The maximum absolute atomic E-state index is 12.2. The molecule has 1 saturated carbocycles. The van der Waals surface area contributed by atoms with E-state index in [1.807, 2.05) is 0 Å². The third-order valence-corrected chi connectivity index (χ3v) is 7.51. The number of benzene rings is 1. The van der Waals surface area contributed by atoms with Crippen LogP contribution in [-0.4, -0.2) is 39.1 Å². The maximum atomic E-state index is 12.2. The highest BCUT2D eigenvalue weighted by Gasteiger charge is 2.35. The number of anilines is 2. The van der Waals surface area contributed by atoms with Gasteiger partial charge in [0.1, 0.15) is 0 Å². The number of allylic oxidation sites excluding steroid dienone is 2. The molecule has 0 aromatic heterocycles. The van der Waals surface area contributed by atoms with E-state index in [9.17, 15) is 18.0 Å². The van der Waals surface area contributed by atoms with Crippen molar-refractivity contribution in [3.8, 4) is 0 Å². The average Bonchev–Trinajstić information content (AvgIpc) is 3.34. The fourth-order valence-electron chi connectivity index (χ4n) is 4.29. The number of fused-ring (bicyclic) bond motifs is 2. The first kappa shape index (κ1) is 18.0. The topological polar surface area (TPSA) is 95.6 Å². The number of hydrogen-bond donors (Lipinski definition) is 2. The number of hydrogen-bond acceptors (Lipinski definition) is 4. The number of sulfonamides is 1. The molecule has 1 aromatic carbocycles. The van der Waals surface area contributed by atoms with Crippen LogP contribution in [0.4, 0.5) is 11.4 Å². The Morgan fingerprint density at radius 2 is 2.00 bits per heavy atom. The summed E-state index contributed by atoms with van der Waals surface area (Å²) in [6, 6.07) is 6.56. The molecule has 7 nitrogen and oxygen atoms in total. The predicted octanol–water partition coefficient (Wildman–Crippen LogP) is 1.49. The quantitative estimate of drug-likeness (QED) is 0.602. The van der Waals surface area contributed by atoms with Crippen LogP contribution in [0.1, 0.15) is 19.3 Å². The lowest BCUT2D eigenvalue weighted by Crippen LogP contribution is -2.38. The lowest BCUT2D eigenvalue weighted by molar-refractivity contribution is -0.136. The van der Waals surface area contributed by atoms with Gasteiger partial charge < -0.3 is 10.6 Å². The summed E-state index contributed by atoms with van der Waals surface area (Å²) in [5, 5.41) is 5.28. The zero-order chi connectivity index (χ0) is 19.0. The molecule has 8 heteroatoms. The van der Waals surface area contributed by atoms with Gasteiger partial charge in [0, 0.05) is 18.8 Å². The largest absolute Gasteiger partial charge is 0.348 e. The second-order valence-corrected chi connectivity index (χ2v) is 9.51. The van der Waals surface area contributed by atoms with Crippen molar-refractivity contribution in [2.45, 2.75) is 19.3 Å². The molecule has 2 aliphatic carbocycles. The molecule has 27 heavy (non-hydrogen) atoms. The molecule has 3 aliphatic rings. The maximum Gasteiger partial charge on any atom is 0.313 e. The fraction of sp³-hybridized carbons (Fsp3) is 0.474. The standard InChI is InChI=1S/C19H23N3O4S/c23-18(20-12-15-10-13-5-6-14(15)9-13)19(24)21-16-3-1-4-17(11-16)22-7-2-8-27(22,25)26/h1,3-6,11,13-15H,2,7-10,12H2,(H,20,23)(H,21,24). The Morgan fingerprint density at radius 3 is 2.67 bits per heavy atom. The molecule has 2 fully saturated rings. The van der Waals surface area contributed by atoms with Gasteiger partial charge in [-0.1, -0.05) is 18.2 Å². The number of carbonyl (C=O) groups excluding carboxylic acids is 2. The van der Waals surface area contributed by atoms with Crippen molar-refractivity contribution in [1.29, 1.82) is 0 Å². The zero-order valence-corrected chi connectivity index (χ0v) is 15.7. The van der Waals surface area contributed by atoms with Crippen molar-refractivity contribution in [1.82, 2.24) is 5.32 Å². The van der Waals surface area contributed by atoms with Crippen LogP contribution in [0.2, 0.25) is 0 Å². The molecule has 2 bridgehead atoms. The van der Waals surface area contributed by atoms with Gasteiger partial charge in [0.2, 0.25) is 10.0 Å². The molecule has 144 valence electrons. The van der Waals surface area contributed by atoms with Gasteiger partial charge in [-0.25, -0.2) is 8.42 Å². The van der Waals surface area contributed by atoms with Crippen LogP contribution in [0.3, 0.4) is 0 Å². The van der Waals surface area contributed by atoms with Gasteiger partial charge in [-0.05, 0) is 55.2 Å². The molecule has 2 amide bonds. The minimum atomic E-state index is -3.29. The van der Waals surface area contributed by atoms with Crippen LogP contribution in [0.15, 0.2) is 36.4 Å². The van der Waals surface area contributed by atoms with Crippen LogP contribution in [0.25, 0.3) is 0 Å². The molecule has 0 radical (unpaired) electrons. The summed E-state index contributed by atoms with van der Waals surface area (Å²) >= 11 is 0. The molecule has 3 atom stereocenters. The number of carbonyl (C=O) groups is 2. The van der Waals surface area contributed by atoms with Crippen LogP contribution < -0.4 is 14.9 Å². The van der Waals surface area contributed by atoms with Crippen molar-refractivity contribution >= 4 is 33.2 Å². The monoisotopic (exact) mass is 389 g/mol. The van der Waals surface area contributed by atoms with Crippen molar-refractivity contribution in [3.63, 3.8) is 0 Å². The summed E-state index contributed by atoms with van der Waals surface area (Å²) < 4.78 is 25.4. The third kappa shape index (κ3) is 3.71. The van der Waals surface area contributed by atoms with E-state index in [-0.39, 0.29) is 5.75 Å². The van der Waals surface area contributed by atoms with Gasteiger partial charge in [0.15, 0.2) is 0 Å². The van der Waals surface area contributed by atoms with E-state index in [0.717, 1.165) is 12.8 Å². The second-order valence-electron chi connectivity index (χ2n) is 7.50. The lowest BCUT2D eigenvalue weighted by atomic mass is 9.94. The van der Waals surface area contributed by atoms with Gasteiger partial charge in [0.05, 0.1) is 11.4 Å². The molecular formula is C19H23N3O4S. The van der Waals surface area contributed by atoms with E-state index in [0.29, 0.717) is 48.6 Å². The number of amides is 2. The summed E-state index contributed by atoms with van der Waals surface area (Å²) in [6.45, 7) is 0.933. The van der Waals surface area contributed by atoms with Gasteiger partial charge in [-0.15, -0.1) is 0 Å². The number of nitrogens with zero attached hydrogens (tertiary/aromatic N) is 1. The summed E-state index contributed by atoms with van der Waals surface area (Å²) in [5.74, 6) is 0.258. The summed E-state index contributed by atoms with van der Waals surface area (Å²) in [5.41, 5.74) is 0.900. The molecule has 0 spiro atoms. The minimum absolute atomic E-state index is 0.129. The zero-order valence-electron chi connectivity index (χ0n) is 14.9. The van der Waals surface area contributed by atoms with Crippen LogP contribution in [0, 0.1) is 17.8 Å². The first-order valence-corrected chi connectivity index (χ1v) is 10.9. The summed E-state index contributed by atoms with van der Waals surface area (Å²) in [7, 11) is -3.29. The second kappa shape index (κ2) is 6.99. The van der Waals surface area contributed by atoms with Crippen LogP contribution in [-0.2, 0) is 19.6 Å². The molecule has 2 N–H and O–H groups in total. The minimum Gasteiger partial charge on any atom is -0.348 e. The van der Waals surface area contributed by atoms with E-state index in [1.165, 1.54) is 4.31 Å². The Hall–Kier alpha value is -2.35. The van der Waals surface area contributed by atoms with Crippen LogP contribution in [0.5, 0.6) is 0 Å². The first-order valence-electron chi connectivity index (χ1n) is 9.30. The summed E-state index contributed by atoms with van der Waals surface area (Å²) in [6.07, 6.45) is 7.25. The first-order chi connectivity index (χ1) is 12.9. The molecular weight excluding hydrogens is 366 g/mol. The molecule has 1 heterocycles. The third-order valence-electron chi connectivity index (χ3n) is 5.64. The Balaban J connectivity index is 1.34. The van der Waals surface area contributed by atoms with Crippen molar-refractivity contribution in [2.24, 2.45) is 17.8 Å². The summed E-state index contributed by atoms with van der Waals surface area (Å²) in [4.78, 5) is 24.3. The highest BCUT2D eigenvalue weighted by atomic mass is 32.2. The number of nitrogens with one attached hydrogen (secondary N) is 2. The van der Waals surface area contributed by atoms with Gasteiger partial charge in [-0.2, -0.15) is 0 Å². The van der Waals surface area contributed by atoms with E-state index in [4.69, 9.17) is 0 Å². The normalized spacial score (nSPS) is 27.7.